The summed E-state index contributed by atoms with van der Waals surface area (Å²) < 4.78 is 0. The van der Waals surface area contributed by atoms with Crippen LogP contribution in [0.4, 0.5) is 0 Å². The Hall–Kier alpha value is -2.62. The zero-order valence-electron chi connectivity index (χ0n) is 14.5. The molecule has 0 atom stereocenters. The number of H-pyrrole nitrogens is 1. The molecule has 1 N–H and O–H groups in total. The molecular formula is C21H23N3O. The lowest BCUT2D eigenvalue weighted by molar-refractivity contribution is 0.0692. The van der Waals surface area contributed by atoms with Gasteiger partial charge in [0.1, 0.15) is 11.3 Å². The van der Waals surface area contributed by atoms with E-state index in [1.165, 1.54) is 5.56 Å². The number of aryl methyl sites for hydroxylation is 1. The van der Waals surface area contributed by atoms with Gasteiger partial charge in [-0.2, -0.15) is 0 Å². The second-order valence-corrected chi connectivity index (χ2v) is 6.95. The molecule has 0 spiro atoms. The molecule has 1 amide bonds. The SMILES string of the molecule is Cc1nc2c(C(=O)N3CCC(Cc4ccccc4)CC3)cccc2[nH]1. The predicted octanol–water partition coefficient (Wildman–Crippen LogP) is 3.97. The normalized spacial score (nSPS) is 15.6. The van der Waals surface area contributed by atoms with Gasteiger partial charge in [-0.25, -0.2) is 4.98 Å². The molecule has 0 radical (unpaired) electrons. The average molecular weight is 333 g/mol. The van der Waals surface area contributed by atoms with Crippen molar-refractivity contribution in [1.82, 2.24) is 14.9 Å². The summed E-state index contributed by atoms with van der Waals surface area (Å²) >= 11 is 0. The Morgan fingerprint density at radius 2 is 1.88 bits per heavy atom. The number of imidazole rings is 1. The summed E-state index contributed by atoms with van der Waals surface area (Å²) in [5.74, 6) is 1.61. The van der Waals surface area contributed by atoms with Gasteiger partial charge < -0.3 is 9.88 Å². The number of para-hydroxylation sites is 1. The third-order valence-corrected chi connectivity index (χ3v) is 5.13. The van der Waals surface area contributed by atoms with E-state index in [1.807, 2.05) is 30.0 Å². The van der Waals surface area contributed by atoms with E-state index in [0.29, 0.717) is 11.5 Å². The predicted molar refractivity (Wildman–Crippen MR) is 99.6 cm³/mol. The monoisotopic (exact) mass is 333 g/mol. The maximum Gasteiger partial charge on any atom is 0.256 e. The van der Waals surface area contributed by atoms with Gasteiger partial charge in [0.2, 0.25) is 0 Å². The Morgan fingerprint density at radius 1 is 1.12 bits per heavy atom. The van der Waals surface area contributed by atoms with Crippen LogP contribution in [-0.2, 0) is 6.42 Å². The Kier molecular flexibility index (Phi) is 4.26. The lowest BCUT2D eigenvalue weighted by Gasteiger charge is -2.32. The number of fused-ring (bicyclic) bond motifs is 1. The number of amides is 1. The summed E-state index contributed by atoms with van der Waals surface area (Å²) in [4.78, 5) is 22.7. The molecule has 1 saturated heterocycles. The third kappa shape index (κ3) is 3.29. The molecule has 0 aliphatic carbocycles. The molecule has 3 aromatic rings. The van der Waals surface area contributed by atoms with Crippen molar-refractivity contribution in [2.75, 3.05) is 13.1 Å². The van der Waals surface area contributed by atoms with Crippen molar-refractivity contribution in [3.05, 3.63) is 65.5 Å². The van der Waals surface area contributed by atoms with E-state index in [2.05, 4.69) is 40.3 Å². The van der Waals surface area contributed by atoms with Gasteiger partial charge in [-0.05, 0) is 49.8 Å². The van der Waals surface area contributed by atoms with Crippen LogP contribution in [0.15, 0.2) is 48.5 Å². The molecule has 0 bridgehead atoms. The van der Waals surface area contributed by atoms with Crippen LogP contribution in [-0.4, -0.2) is 33.9 Å². The summed E-state index contributed by atoms with van der Waals surface area (Å²) in [5.41, 5.74) is 3.83. The molecule has 0 saturated carbocycles. The molecule has 2 heterocycles. The Morgan fingerprint density at radius 3 is 2.64 bits per heavy atom. The molecule has 1 aromatic heterocycles. The van der Waals surface area contributed by atoms with Gasteiger partial charge in [-0.3, -0.25) is 4.79 Å². The summed E-state index contributed by atoms with van der Waals surface area (Å²) in [6, 6.07) is 16.4. The van der Waals surface area contributed by atoms with Crippen LogP contribution >= 0.6 is 0 Å². The number of nitrogens with one attached hydrogen (secondary N) is 1. The highest BCUT2D eigenvalue weighted by Gasteiger charge is 2.25. The third-order valence-electron chi connectivity index (χ3n) is 5.13. The van der Waals surface area contributed by atoms with Crippen LogP contribution in [0.2, 0.25) is 0 Å². The van der Waals surface area contributed by atoms with Gasteiger partial charge in [0.05, 0.1) is 11.1 Å². The number of aromatic nitrogens is 2. The van der Waals surface area contributed by atoms with Crippen molar-refractivity contribution in [1.29, 1.82) is 0 Å². The fourth-order valence-corrected chi connectivity index (χ4v) is 3.79. The molecular weight excluding hydrogens is 310 g/mol. The van der Waals surface area contributed by atoms with E-state index in [0.717, 1.165) is 49.2 Å². The topological polar surface area (TPSA) is 49.0 Å². The number of likely N-dealkylation sites (tertiary alicyclic amines) is 1. The largest absolute Gasteiger partial charge is 0.342 e. The minimum Gasteiger partial charge on any atom is -0.342 e. The highest BCUT2D eigenvalue weighted by molar-refractivity contribution is 6.04. The van der Waals surface area contributed by atoms with Gasteiger partial charge in [0, 0.05) is 13.1 Å². The lowest BCUT2D eigenvalue weighted by Crippen LogP contribution is -2.39. The molecule has 4 nitrogen and oxygen atoms in total. The number of hydrogen-bond acceptors (Lipinski definition) is 2. The van der Waals surface area contributed by atoms with Crippen LogP contribution < -0.4 is 0 Å². The molecule has 4 rings (SSSR count). The fraction of sp³-hybridized carbons (Fsp3) is 0.333. The van der Waals surface area contributed by atoms with E-state index >= 15 is 0 Å². The minimum atomic E-state index is 0.107. The standard InChI is InChI=1S/C21H23N3O/c1-15-22-19-9-5-8-18(20(19)23-15)21(25)24-12-10-17(11-13-24)14-16-6-3-2-4-7-16/h2-9,17H,10-14H2,1H3,(H,22,23). The quantitative estimate of drug-likeness (QED) is 0.788. The molecule has 4 heteroatoms. The molecule has 128 valence electrons. The van der Waals surface area contributed by atoms with Crippen LogP contribution in [0.5, 0.6) is 0 Å². The minimum absolute atomic E-state index is 0.107. The first-order valence-electron chi connectivity index (χ1n) is 8.99. The maximum absolute atomic E-state index is 13.0. The van der Waals surface area contributed by atoms with E-state index in [9.17, 15) is 4.79 Å². The first-order valence-corrected chi connectivity index (χ1v) is 8.99. The number of carbonyl (C=O) groups is 1. The van der Waals surface area contributed by atoms with Crippen LogP contribution in [0.3, 0.4) is 0 Å². The highest BCUT2D eigenvalue weighted by Crippen LogP contribution is 2.24. The number of rotatable bonds is 3. The summed E-state index contributed by atoms with van der Waals surface area (Å²) in [6.07, 6.45) is 3.24. The number of hydrogen-bond donors (Lipinski definition) is 1. The number of benzene rings is 2. The van der Waals surface area contributed by atoms with Crippen molar-refractivity contribution < 1.29 is 4.79 Å². The molecule has 1 aliphatic rings. The first-order chi connectivity index (χ1) is 12.2. The van der Waals surface area contributed by atoms with E-state index in [-0.39, 0.29) is 5.91 Å². The molecule has 1 fully saturated rings. The van der Waals surface area contributed by atoms with Crippen LogP contribution in [0.25, 0.3) is 11.0 Å². The highest BCUT2D eigenvalue weighted by atomic mass is 16.2. The first kappa shape index (κ1) is 15.9. The molecule has 0 unspecified atom stereocenters. The van der Waals surface area contributed by atoms with E-state index in [1.54, 1.807) is 0 Å². The summed E-state index contributed by atoms with van der Waals surface area (Å²) in [5, 5.41) is 0. The Balaban J connectivity index is 1.44. The van der Waals surface area contributed by atoms with Gasteiger partial charge in [0.25, 0.3) is 5.91 Å². The summed E-state index contributed by atoms with van der Waals surface area (Å²) in [6.45, 7) is 3.58. The number of aromatic amines is 1. The molecule has 2 aromatic carbocycles. The zero-order valence-corrected chi connectivity index (χ0v) is 14.5. The van der Waals surface area contributed by atoms with Gasteiger partial charge in [-0.1, -0.05) is 36.4 Å². The number of nitrogens with zero attached hydrogens (tertiary/aromatic N) is 2. The number of piperidine rings is 1. The van der Waals surface area contributed by atoms with Crippen LogP contribution in [0.1, 0.15) is 34.6 Å². The number of carbonyl (C=O) groups excluding carboxylic acids is 1. The van der Waals surface area contributed by atoms with Gasteiger partial charge >= 0.3 is 0 Å². The average Bonchev–Trinajstić information content (AvgIpc) is 3.03. The van der Waals surface area contributed by atoms with E-state index in [4.69, 9.17) is 0 Å². The van der Waals surface area contributed by atoms with Crippen LogP contribution in [0, 0.1) is 12.8 Å². The van der Waals surface area contributed by atoms with Gasteiger partial charge in [-0.15, -0.1) is 0 Å². The summed E-state index contributed by atoms with van der Waals surface area (Å²) in [7, 11) is 0. The lowest BCUT2D eigenvalue weighted by atomic mass is 9.90. The zero-order chi connectivity index (χ0) is 17.2. The van der Waals surface area contributed by atoms with Crippen molar-refractivity contribution in [2.45, 2.75) is 26.2 Å². The molecule has 1 aliphatic heterocycles. The van der Waals surface area contributed by atoms with E-state index < -0.39 is 0 Å². The fourth-order valence-electron chi connectivity index (χ4n) is 3.79. The van der Waals surface area contributed by atoms with Crippen molar-refractivity contribution in [3.8, 4) is 0 Å². The Labute approximate surface area is 147 Å². The Bertz CT molecular complexity index is 877. The van der Waals surface area contributed by atoms with Crippen molar-refractivity contribution in [2.24, 2.45) is 5.92 Å². The second-order valence-electron chi connectivity index (χ2n) is 6.95. The second kappa shape index (κ2) is 6.71. The maximum atomic E-state index is 13.0. The van der Waals surface area contributed by atoms with Crippen molar-refractivity contribution in [3.63, 3.8) is 0 Å². The smallest absolute Gasteiger partial charge is 0.256 e. The molecule has 25 heavy (non-hydrogen) atoms. The van der Waals surface area contributed by atoms with Crippen molar-refractivity contribution >= 4 is 16.9 Å². The van der Waals surface area contributed by atoms with Gasteiger partial charge in [0.15, 0.2) is 0 Å².